The molecule has 5 heteroatoms. The molecular formula is C16H13ClN2O2. The third-order valence-corrected chi connectivity index (χ3v) is 3.17. The molecular weight excluding hydrogens is 288 g/mol. The standard InChI is InChI=1S/C16H13ClN2O2/c1-21-15-6-5-14(17)8-13(15)10-19-16(20)12-4-2-3-11(7-12)9-18/h2-8H,10H2,1H3,(H,19,20). The number of benzene rings is 2. The number of rotatable bonds is 4. The maximum atomic E-state index is 12.1. The number of ether oxygens (including phenoxy) is 1. The summed E-state index contributed by atoms with van der Waals surface area (Å²) in [5.74, 6) is 0.402. The summed E-state index contributed by atoms with van der Waals surface area (Å²) in [5, 5.41) is 12.2. The lowest BCUT2D eigenvalue weighted by Crippen LogP contribution is -2.23. The number of nitriles is 1. The van der Waals surface area contributed by atoms with Gasteiger partial charge in [0, 0.05) is 22.7 Å². The Morgan fingerprint density at radius 2 is 2.14 bits per heavy atom. The highest BCUT2D eigenvalue weighted by Crippen LogP contribution is 2.22. The molecule has 0 fully saturated rings. The highest BCUT2D eigenvalue weighted by atomic mass is 35.5. The third kappa shape index (κ3) is 3.74. The van der Waals surface area contributed by atoms with Crippen molar-refractivity contribution in [2.45, 2.75) is 6.54 Å². The van der Waals surface area contributed by atoms with Crippen LogP contribution in [0.15, 0.2) is 42.5 Å². The van der Waals surface area contributed by atoms with Crippen molar-refractivity contribution in [3.63, 3.8) is 0 Å². The van der Waals surface area contributed by atoms with Crippen molar-refractivity contribution < 1.29 is 9.53 Å². The summed E-state index contributed by atoms with van der Waals surface area (Å²) in [6, 6.07) is 13.7. The Morgan fingerprint density at radius 1 is 1.33 bits per heavy atom. The van der Waals surface area contributed by atoms with Crippen LogP contribution in [0, 0.1) is 11.3 Å². The van der Waals surface area contributed by atoms with Crippen molar-refractivity contribution in [3.05, 3.63) is 64.2 Å². The number of hydrogen-bond donors (Lipinski definition) is 1. The van der Waals surface area contributed by atoms with Gasteiger partial charge in [-0.15, -0.1) is 0 Å². The van der Waals surface area contributed by atoms with Crippen LogP contribution in [0.1, 0.15) is 21.5 Å². The third-order valence-electron chi connectivity index (χ3n) is 2.94. The molecule has 0 atom stereocenters. The van der Waals surface area contributed by atoms with Gasteiger partial charge >= 0.3 is 0 Å². The minimum absolute atomic E-state index is 0.255. The average molecular weight is 301 g/mol. The maximum Gasteiger partial charge on any atom is 0.251 e. The molecule has 0 aliphatic heterocycles. The van der Waals surface area contributed by atoms with Crippen molar-refractivity contribution in [3.8, 4) is 11.8 Å². The van der Waals surface area contributed by atoms with E-state index in [-0.39, 0.29) is 5.91 Å². The molecule has 0 heterocycles. The molecule has 2 aromatic rings. The SMILES string of the molecule is COc1ccc(Cl)cc1CNC(=O)c1cccc(C#N)c1. The summed E-state index contributed by atoms with van der Waals surface area (Å²) in [4.78, 5) is 12.1. The van der Waals surface area contributed by atoms with Gasteiger partial charge in [-0.05, 0) is 36.4 Å². The lowest BCUT2D eigenvalue weighted by Gasteiger charge is -2.10. The average Bonchev–Trinajstić information content (AvgIpc) is 2.52. The molecule has 1 N–H and O–H groups in total. The number of hydrogen-bond acceptors (Lipinski definition) is 3. The van der Waals surface area contributed by atoms with E-state index in [1.807, 2.05) is 6.07 Å². The van der Waals surface area contributed by atoms with Gasteiger partial charge in [-0.1, -0.05) is 17.7 Å². The molecule has 0 spiro atoms. The van der Waals surface area contributed by atoms with Crippen LogP contribution in [0.3, 0.4) is 0 Å². The van der Waals surface area contributed by atoms with E-state index < -0.39 is 0 Å². The summed E-state index contributed by atoms with van der Waals surface area (Å²) in [6.07, 6.45) is 0. The number of amides is 1. The number of carbonyl (C=O) groups is 1. The first-order valence-corrected chi connectivity index (χ1v) is 6.62. The molecule has 0 saturated carbocycles. The minimum atomic E-state index is -0.255. The lowest BCUT2D eigenvalue weighted by atomic mass is 10.1. The predicted octanol–water partition coefficient (Wildman–Crippen LogP) is 3.15. The van der Waals surface area contributed by atoms with E-state index in [9.17, 15) is 4.79 Å². The Bertz CT molecular complexity index is 708. The zero-order chi connectivity index (χ0) is 15.2. The summed E-state index contributed by atoms with van der Waals surface area (Å²) in [7, 11) is 1.56. The van der Waals surface area contributed by atoms with E-state index in [1.54, 1.807) is 49.6 Å². The predicted molar refractivity (Wildman–Crippen MR) is 80.3 cm³/mol. The second-order valence-corrected chi connectivity index (χ2v) is 4.77. The van der Waals surface area contributed by atoms with Crippen LogP contribution < -0.4 is 10.1 Å². The first-order chi connectivity index (χ1) is 10.1. The van der Waals surface area contributed by atoms with Crippen LogP contribution >= 0.6 is 11.6 Å². The number of carbonyl (C=O) groups excluding carboxylic acids is 1. The van der Waals surface area contributed by atoms with Crippen LogP contribution in [0.5, 0.6) is 5.75 Å². The molecule has 0 saturated heterocycles. The first-order valence-electron chi connectivity index (χ1n) is 6.25. The van der Waals surface area contributed by atoms with Crippen LogP contribution in [-0.2, 0) is 6.54 Å². The molecule has 0 unspecified atom stereocenters. The lowest BCUT2D eigenvalue weighted by molar-refractivity contribution is 0.0950. The van der Waals surface area contributed by atoms with Crippen molar-refractivity contribution in [2.75, 3.05) is 7.11 Å². The minimum Gasteiger partial charge on any atom is -0.496 e. The van der Waals surface area contributed by atoms with Gasteiger partial charge in [0.05, 0.1) is 18.7 Å². The van der Waals surface area contributed by atoms with E-state index in [0.717, 1.165) is 5.56 Å². The van der Waals surface area contributed by atoms with Crippen molar-refractivity contribution >= 4 is 17.5 Å². The van der Waals surface area contributed by atoms with E-state index >= 15 is 0 Å². The summed E-state index contributed by atoms with van der Waals surface area (Å²) >= 11 is 5.94. The second kappa shape index (κ2) is 6.78. The van der Waals surface area contributed by atoms with Gasteiger partial charge in [0.25, 0.3) is 5.91 Å². The number of nitrogens with one attached hydrogen (secondary N) is 1. The molecule has 0 aliphatic rings. The smallest absolute Gasteiger partial charge is 0.251 e. The highest BCUT2D eigenvalue weighted by Gasteiger charge is 2.09. The fourth-order valence-electron chi connectivity index (χ4n) is 1.89. The van der Waals surface area contributed by atoms with E-state index in [4.69, 9.17) is 21.6 Å². The van der Waals surface area contributed by atoms with Crippen LogP contribution in [0.2, 0.25) is 5.02 Å². The van der Waals surface area contributed by atoms with Gasteiger partial charge in [-0.25, -0.2) is 0 Å². The zero-order valence-corrected chi connectivity index (χ0v) is 12.1. The summed E-state index contributed by atoms with van der Waals surface area (Å²) in [6.45, 7) is 0.291. The normalized spacial score (nSPS) is 9.76. The van der Waals surface area contributed by atoms with E-state index in [2.05, 4.69) is 5.32 Å². The largest absolute Gasteiger partial charge is 0.496 e. The monoisotopic (exact) mass is 300 g/mol. The Balaban J connectivity index is 2.11. The molecule has 21 heavy (non-hydrogen) atoms. The van der Waals surface area contributed by atoms with Gasteiger partial charge < -0.3 is 10.1 Å². The Kier molecular flexibility index (Phi) is 4.81. The van der Waals surface area contributed by atoms with Gasteiger partial charge in [0.2, 0.25) is 0 Å². The topological polar surface area (TPSA) is 62.1 Å². The van der Waals surface area contributed by atoms with Crippen molar-refractivity contribution in [1.82, 2.24) is 5.32 Å². The summed E-state index contributed by atoms with van der Waals surface area (Å²) in [5.41, 5.74) is 1.67. The maximum absolute atomic E-state index is 12.1. The van der Waals surface area contributed by atoms with E-state index in [1.165, 1.54) is 0 Å². The van der Waals surface area contributed by atoms with E-state index in [0.29, 0.717) is 28.4 Å². The van der Waals surface area contributed by atoms with Gasteiger partial charge in [-0.2, -0.15) is 5.26 Å². The van der Waals surface area contributed by atoms with Gasteiger partial charge in [0.1, 0.15) is 5.75 Å². The van der Waals surface area contributed by atoms with Crippen molar-refractivity contribution in [1.29, 1.82) is 5.26 Å². The molecule has 0 bridgehead atoms. The van der Waals surface area contributed by atoms with Crippen LogP contribution in [-0.4, -0.2) is 13.0 Å². The Hall–Kier alpha value is -2.51. The molecule has 106 valence electrons. The fourth-order valence-corrected chi connectivity index (χ4v) is 2.09. The number of nitrogens with zero attached hydrogens (tertiary/aromatic N) is 1. The van der Waals surface area contributed by atoms with Crippen molar-refractivity contribution in [2.24, 2.45) is 0 Å². The fraction of sp³-hybridized carbons (Fsp3) is 0.125. The molecule has 1 amide bonds. The molecule has 4 nitrogen and oxygen atoms in total. The Morgan fingerprint density at radius 3 is 2.86 bits per heavy atom. The summed E-state index contributed by atoms with van der Waals surface area (Å²) < 4.78 is 5.22. The quantitative estimate of drug-likeness (QED) is 0.943. The highest BCUT2D eigenvalue weighted by molar-refractivity contribution is 6.30. The van der Waals surface area contributed by atoms with Gasteiger partial charge in [-0.3, -0.25) is 4.79 Å². The molecule has 2 rings (SSSR count). The first kappa shape index (κ1) is 14.9. The molecule has 2 aromatic carbocycles. The van der Waals surface area contributed by atoms with Crippen LogP contribution in [0.4, 0.5) is 0 Å². The molecule has 0 aromatic heterocycles. The van der Waals surface area contributed by atoms with Crippen LogP contribution in [0.25, 0.3) is 0 Å². The number of methoxy groups -OCH3 is 1. The molecule has 0 aliphatic carbocycles. The second-order valence-electron chi connectivity index (χ2n) is 4.33. The van der Waals surface area contributed by atoms with Gasteiger partial charge in [0.15, 0.2) is 0 Å². The Labute approximate surface area is 127 Å². The number of halogens is 1. The zero-order valence-electron chi connectivity index (χ0n) is 11.4. The molecule has 0 radical (unpaired) electrons.